The van der Waals surface area contributed by atoms with E-state index in [1.54, 1.807) is 17.9 Å². The van der Waals surface area contributed by atoms with Gasteiger partial charge in [0.05, 0.1) is 11.8 Å². The zero-order valence-corrected chi connectivity index (χ0v) is 10.9. The molecular formula is C14H16F2N2O. The summed E-state index contributed by atoms with van der Waals surface area (Å²) in [7, 11) is 1.77. The Balaban J connectivity index is 2.22. The smallest absolute Gasteiger partial charge is 0.129 e. The summed E-state index contributed by atoms with van der Waals surface area (Å²) in [4.78, 5) is 0. The van der Waals surface area contributed by atoms with E-state index in [1.807, 2.05) is 6.92 Å². The molecule has 102 valence electrons. The summed E-state index contributed by atoms with van der Waals surface area (Å²) in [5, 5.41) is 14.4. The highest BCUT2D eigenvalue weighted by molar-refractivity contribution is 5.25. The molecule has 0 fully saturated rings. The minimum absolute atomic E-state index is 0.102. The van der Waals surface area contributed by atoms with Gasteiger partial charge in [-0.15, -0.1) is 0 Å². The van der Waals surface area contributed by atoms with Gasteiger partial charge >= 0.3 is 0 Å². The average molecular weight is 266 g/mol. The van der Waals surface area contributed by atoms with E-state index < -0.39 is 17.7 Å². The maximum Gasteiger partial charge on any atom is 0.129 e. The Bertz CT molecular complexity index is 581. The van der Waals surface area contributed by atoms with Crippen molar-refractivity contribution in [3.05, 3.63) is 52.9 Å². The van der Waals surface area contributed by atoms with Crippen molar-refractivity contribution in [3.8, 4) is 0 Å². The van der Waals surface area contributed by atoms with Crippen molar-refractivity contribution < 1.29 is 13.9 Å². The van der Waals surface area contributed by atoms with Crippen LogP contribution in [0.15, 0.2) is 24.4 Å². The summed E-state index contributed by atoms with van der Waals surface area (Å²) in [6.07, 6.45) is 1.68. The molecule has 3 nitrogen and oxygen atoms in total. The first-order valence-electron chi connectivity index (χ1n) is 6.15. The summed E-state index contributed by atoms with van der Waals surface area (Å²) in [5.41, 5.74) is 1.77. The van der Waals surface area contributed by atoms with Crippen molar-refractivity contribution in [3.63, 3.8) is 0 Å². The second-order valence-corrected chi connectivity index (χ2v) is 4.51. The summed E-state index contributed by atoms with van der Waals surface area (Å²) >= 11 is 0. The maximum atomic E-state index is 13.5. The van der Waals surface area contributed by atoms with Gasteiger partial charge in [-0.2, -0.15) is 5.10 Å². The fraction of sp³-hybridized carbons (Fsp3) is 0.357. The number of aliphatic hydroxyl groups excluding tert-OH is 1. The molecule has 0 bridgehead atoms. The van der Waals surface area contributed by atoms with Crippen LogP contribution in [-0.4, -0.2) is 14.9 Å². The lowest BCUT2D eigenvalue weighted by molar-refractivity contribution is 0.176. The van der Waals surface area contributed by atoms with Crippen LogP contribution < -0.4 is 0 Å². The van der Waals surface area contributed by atoms with Gasteiger partial charge < -0.3 is 5.11 Å². The molecule has 0 aliphatic heterocycles. The monoisotopic (exact) mass is 266 g/mol. The minimum Gasteiger partial charge on any atom is -0.388 e. The third-order valence-corrected chi connectivity index (χ3v) is 3.06. The number of halogens is 2. The molecule has 2 rings (SSSR count). The highest BCUT2D eigenvalue weighted by atomic mass is 19.1. The first kappa shape index (κ1) is 13.7. The van der Waals surface area contributed by atoms with Crippen molar-refractivity contribution in [2.24, 2.45) is 7.05 Å². The Labute approximate surface area is 110 Å². The number of rotatable bonds is 4. The van der Waals surface area contributed by atoms with Gasteiger partial charge in [0, 0.05) is 31.3 Å². The lowest BCUT2D eigenvalue weighted by atomic mass is 10.0. The summed E-state index contributed by atoms with van der Waals surface area (Å²) in [6.45, 7) is 1.94. The van der Waals surface area contributed by atoms with E-state index >= 15 is 0 Å². The molecule has 1 atom stereocenters. The number of aliphatic hydroxyl groups is 1. The molecule has 5 heteroatoms. The van der Waals surface area contributed by atoms with Crippen molar-refractivity contribution in [2.45, 2.75) is 25.9 Å². The Kier molecular flexibility index (Phi) is 3.95. The fourth-order valence-electron chi connectivity index (χ4n) is 2.11. The molecule has 0 amide bonds. The van der Waals surface area contributed by atoms with E-state index in [0.29, 0.717) is 17.5 Å². The largest absolute Gasteiger partial charge is 0.388 e. The molecule has 1 unspecified atom stereocenters. The molecule has 0 aliphatic carbocycles. The zero-order chi connectivity index (χ0) is 14.0. The van der Waals surface area contributed by atoms with Crippen LogP contribution in [0.25, 0.3) is 0 Å². The van der Waals surface area contributed by atoms with E-state index in [9.17, 15) is 13.9 Å². The number of nitrogens with zero attached hydrogens (tertiary/aromatic N) is 2. The molecule has 2 aromatic rings. The summed E-state index contributed by atoms with van der Waals surface area (Å²) in [5.74, 6) is -1.26. The first-order valence-corrected chi connectivity index (χ1v) is 6.15. The topological polar surface area (TPSA) is 38.0 Å². The predicted molar refractivity (Wildman–Crippen MR) is 67.6 cm³/mol. The van der Waals surface area contributed by atoms with Crippen molar-refractivity contribution in [1.29, 1.82) is 0 Å². The first-order chi connectivity index (χ1) is 9.01. The molecule has 0 spiro atoms. The quantitative estimate of drug-likeness (QED) is 0.923. The van der Waals surface area contributed by atoms with E-state index in [1.165, 1.54) is 12.1 Å². The molecule has 1 N–H and O–H groups in total. The Hall–Kier alpha value is -1.75. The van der Waals surface area contributed by atoms with E-state index in [0.717, 1.165) is 11.8 Å². The summed E-state index contributed by atoms with van der Waals surface area (Å²) < 4.78 is 28.0. The molecule has 1 aromatic carbocycles. The Morgan fingerprint density at radius 3 is 2.74 bits per heavy atom. The standard InChI is InChI=1S/C14H16F2N2O/c1-3-13-11(8-18(2)17-13)14(19)6-9-4-5-10(15)7-12(9)16/h4-5,7-8,14,19H,3,6H2,1-2H3. The van der Waals surface area contributed by atoms with Crippen LogP contribution in [0.1, 0.15) is 29.8 Å². The average Bonchev–Trinajstić information content (AvgIpc) is 2.74. The fourth-order valence-corrected chi connectivity index (χ4v) is 2.11. The molecule has 0 saturated carbocycles. The molecule has 0 saturated heterocycles. The van der Waals surface area contributed by atoms with Gasteiger partial charge in [0.25, 0.3) is 0 Å². The van der Waals surface area contributed by atoms with Gasteiger partial charge in [0.2, 0.25) is 0 Å². The predicted octanol–water partition coefficient (Wildman–Crippen LogP) is 2.54. The number of hydrogen-bond donors (Lipinski definition) is 1. The highest BCUT2D eigenvalue weighted by Crippen LogP contribution is 2.23. The van der Waals surface area contributed by atoms with E-state index in [4.69, 9.17) is 0 Å². The van der Waals surface area contributed by atoms with Gasteiger partial charge in [-0.1, -0.05) is 13.0 Å². The third kappa shape index (κ3) is 2.98. The normalized spacial score (nSPS) is 12.7. The van der Waals surface area contributed by atoms with Crippen LogP contribution in [0.4, 0.5) is 8.78 Å². The van der Waals surface area contributed by atoms with E-state index in [-0.39, 0.29) is 6.42 Å². The number of hydrogen-bond acceptors (Lipinski definition) is 2. The van der Waals surface area contributed by atoms with Gasteiger partial charge in [0.15, 0.2) is 0 Å². The van der Waals surface area contributed by atoms with Crippen LogP contribution >= 0.6 is 0 Å². The number of aromatic nitrogens is 2. The van der Waals surface area contributed by atoms with Crippen LogP contribution in [0.3, 0.4) is 0 Å². The Morgan fingerprint density at radius 2 is 2.11 bits per heavy atom. The van der Waals surface area contributed by atoms with Crippen molar-refractivity contribution in [2.75, 3.05) is 0 Å². The summed E-state index contributed by atoms with van der Waals surface area (Å²) in [6, 6.07) is 3.37. The third-order valence-electron chi connectivity index (χ3n) is 3.06. The molecule has 19 heavy (non-hydrogen) atoms. The molecule has 1 heterocycles. The van der Waals surface area contributed by atoms with Gasteiger partial charge in [-0.3, -0.25) is 4.68 Å². The highest BCUT2D eigenvalue weighted by Gasteiger charge is 2.17. The van der Waals surface area contributed by atoms with Crippen LogP contribution in [-0.2, 0) is 19.9 Å². The van der Waals surface area contributed by atoms with Gasteiger partial charge in [-0.05, 0) is 18.1 Å². The number of aryl methyl sites for hydroxylation is 2. The molecular weight excluding hydrogens is 250 g/mol. The Morgan fingerprint density at radius 1 is 1.37 bits per heavy atom. The van der Waals surface area contributed by atoms with E-state index in [2.05, 4.69) is 5.10 Å². The van der Waals surface area contributed by atoms with Crippen LogP contribution in [0.2, 0.25) is 0 Å². The van der Waals surface area contributed by atoms with Crippen LogP contribution in [0, 0.1) is 11.6 Å². The minimum atomic E-state index is -0.844. The molecule has 0 aliphatic rings. The SMILES string of the molecule is CCc1nn(C)cc1C(O)Cc1ccc(F)cc1F. The maximum absolute atomic E-state index is 13.5. The van der Waals surface area contributed by atoms with Crippen molar-refractivity contribution in [1.82, 2.24) is 9.78 Å². The lowest BCUT2D eigenvalue weighted by Crippen LogP contribution is -2.05. The second-order valence-electron chi connectivity index (χ2n) is 4.51. The molecule has 0 radical (unpaired) electrons. The molecule has 1 aromatic heterocycles. The zero-order valence-electron chi connectivity index (χ0n) is 10.9. The van der Waals surface area contributed by atoms with Crippen molar-refractivity contribution >= 4 is 0 Å². The lowest BCUT2D eigenvalue weighted by Gasteiger charge is -2.11. The van der Waals surface area contributed by atoms with Gasteiger partial charge in [0.1, 0.15) is 11.6 Å². The van der Waals surface area contributed by atoms with Gasteiger partial charge in [-0.25, -0.2) is 8.78 Å². The van der Waals surface area contributed by atoms with Crippen LogP contribution in [0.5, 0.6) is 0 Å². The second kappa shape index (κ2) is 5.48. The number of benzene rings is 1.